The minimum atomic E-state index is -0.241. The standard InChI is InChI=1S/C4H9NO.3C3H6.C2H6O2.Ca.2ClH/c1-3(2)4(5)6;3*1-3-2;3-1-2-4;;;/h3H,1-2H3,(H2,5,6);3*3H,1H2,2H3;3-4H,1-2H2;;2*1H/q;;;;;+2;;/p-2. The molecule has 0 aliphatic carbocycles. The van der Waals surface area contributed by atoms with Gasteiger partial charge in [-0.3, -0.25) is 4.79 Å². The molecule has 0 aromatic heterocycles. The Hall–Kier alpha value is 0.450. The molecule has 132 valence electrons. The molecule has 22 heavy (non-hydrogen) atoms. The van der Waals surface area contributed by atoms with Crippen molar-refractivity contribution in [2.24, 2.45) is 11.7 Å². The van der Waals surface area contributed by atoms with Crippen LogP contribution < -0.4 is 30.5 Å². The summed E-state index contributed by atoms with van der Waals surface area (Å²) in [5.41, 5.74) is 4.80. The van der Waals surface area contributed by atoms with Gasteiger partial charge in [0.05, 0.1) is 13.2 Å². The fraction of sp³-hybridized carbons (Fsp3) is 0.533. The first-order valence-corrected chi connectivity index (χ1v) is 6.03. The predicted molar refractivity (Wildman–Crippen MR) is 91.6 cm³/mol. The molecule has 0 unspecified atom stereocenters. The molecule has 0 aromatic rings. The SMILES string of the molecule is C=CC.C=CC.C=CC.CC(C)C(N)=O.OCCO.[Ca+2].[Cl-].[Cl-]. The molecule has 7 heteroatoms. The molecule has 0 saturated carbocycles. The van der Waals surface area contributed by atoms with E-state index in [0.717, 1.165) is 0 Å². The van der Waals surface area contributed by atoms with Gasteiger partial charge in [0.1, 0.15) is 0 Å². The summed E-state index contributed by atoms with van der Waals surface area (Å²) in [7, 11) is 0. The zero-order chi connectivity index (χ0) is 16.7. The van der Waals surface area contributed by atoms with Crippen LogP contribution in [0.15, 0.2) is 38.0 Å². The molecule has 0 atom stereocenters. The van der Waals surface area contributed by atoms with E-state index in [1.807, 2.05) is 20.8 Å². The molecule has 4 N–H and O–H groups in total. The Balaban J connectivity index is -0.0000000185. The average Bonchev–Trinajstić information content (AvgIpc) is 2.32. The number of allylic oxidation sites excluding steroid dienone is 3. The molecule has 0 heterocycles. The van der Waals surface area contributed by atoms with E-state index in [4.69, 9.17) is 15.9 Å². The summed E-state index contributed by atoms with van der Waals surface area (Å²) in [6.45, 7) is 19.0. The molecule has 0 spiro atoms. The summed E-state index contributed by atoms with van der Waals surface area (Å²) in [5, 5.41) is 15.2. The molecular weight excluding hydrogens is 353 g/mol. The number of halogens is 2. The smallest absolute Gasteiger partial charge is 1.00 e. The number of primary amides is 1. The number of aliphatic hydroxyl groups excluding tert-OH is 2. The molecule has 0 aromatic carbocycles. The Kier molecular flexibility index (Phi) is 154. The quantitative estimate of drug-likeness (QED) is 0.338. The summed E-state index contributed by atoms with van der Waals surface area (Å²) in [6.07, 6.45) is 5.25. The zero-order valence-electron chi connectivity index (χ0n) is 14.7. The summed E-state index contributed by atoms with van der Waals surface area (Å²) < 4.78 is 0. The minimum absolute atomic E-state index is 0. The van der Waals surface area contributed by atoms with Crippen molar-refractivity contribution in [3.8, 4) is 0 Å². The van der Waals surface area contributed by atoms with Gasteiger partial charge in [0.2, 0.25) is 5.91 Å². The van der Waals surface area contributed by atoms with E-state index in [9.17, 15) is 4.79 Å². The number of carbonyl (C=O) groups is 1. The van der Waals surface area contributed by atoms with E-state index in [1.54, 1.807) is 32.1 Å². The van der Waals surface area contributed by atoms with Gasteiger partial charge < -0.3 is 40.8 Å². The average molecular weight is 386 g/mol. The van der Waals surface area contributed by atoms with Gasteiger partial charge >= 0.3 is 37.7 Å². The Morgan fingerprint density at radius 2 is 1.05 bits per heavy atom. The van der Waals surface area contributed by atoms with Gasteiger partial charge in [-0.15, -0.1) is 19.7 Å². The van der Waals surface area contributed by atoms with Crippen LogP contribution in [-0.4, -0.2) is 67.1 Å². The van der Waals surface area contributed by atoms with Crippen LogP contribution in [0.5, 0.6) is 0 Å². The largest absolute Gasteiger partial charge is 2.00 e. The number of rotatable bonds is 2. The van der Waals surface area contributed by atoms with Crippen LogP contribution in [0.4, 0.5) is 0 Å². The molecule has 4 nitrogen and oxygen atoms in total. The third-order valence-electron chi connectivity index (χ3n) is 0.669. The van der Waals surface area contributed by atoms with Crippen molar-refractivity contribution in [3.63, 3.8) is 0 Å². The normalized spacial score (nSPS) is 5.64. The Bertz CT molecular complexity index is 177. The maximum atomic E-state index is 9.92. The maximum Gasteiger partial charge on any atom is 2.00 e. The monoisotopic (exact) mass is 385 g/mol. The second kappa shape index (κ2) is 68.4. The van der Waals surface area contributed by atoms with Crippen molar-refractivity contribution in [1.29, 1.82) is 0 Å². The molecule has 0 aliphatic rings. The van der Waals surface area contributed by atoms with Crippen LogP contribution in [0.3, 0.4) is 0 Å². The van der Waals surface area contributed by atoms with Crippen LogP contribution in [-0.2, 0) is 4.79 Å². The fourth-order valence-electron chi connectivity index (χ4n) is 0. The zero-order valence-corrected chi connectivity index (χ0v) is 18.4. The molecule has 0 bridgehead atoms. The first kappa shape index (κ1) is 49.5. The predicted octanol–water partition coefficient (Wildman–Crippen LogP) is -3.70. The van der Waals surface area contributed by atoms with Crippen molar-refractivity contribution >= 4 is 43.6 Å². The molecular formula is C15H33CaCl2NO3. The fourth-order valence-corrected chi connectivity index (χ4v) is 0. The van der Waals surface area contributed by atoms with Gasteiger partial charge in [-0.05, 0) is 20.8 Å². The van der Waals surface area contributed by atoms with Gasteiger partial charge in [0.25, 0.3) is 0 Å². The minimum Gasteiger partial charge on any atom is -1.00 e. The van der Waals surface area contributed by atoms with E-state index in [2.05, 4.69) is 19.7 Å². The topological polar surface area (TPSA) is 83.6 Å². The Morgan fingerprint density at radius 1 is 0.955 bits per heavy atom. The van der Waals surface area contributed by atoms with Gasteiger partial charge in [-0.1, -0.05) is 32.1 Å². The third-order valence-corrected chi connectivity index (χ3v) is 0.669. The number of aliphatic hydroxyl groups is 2. The third kappa shape index (κ3) is 260. The van der Waals surface area contributed by atoms with E-state index in [0.29, 0.717) is 0 Å². The molecule has 0 rings (SSSR count). The summed E-state index contributed by atoms with van der Waals surface area (Å²) in [5.74, 6) is -0.250. The van der Waals surface area contributed by atoms with E-state index < -0.39 is 0 Å². The van der Waals surface area contributed by atoms with Crippen molar-refractivity contribution < 1.29 is 39.8 Å². The van der Waals surface area contributed by atoms with Crippen LogP contribution in [0.2, 0.25) is 0 Å². The first-order chi connectivity index (χ1) is 8.80. The molecule has 0 radical (unpaired) electrons. The van der Waals surface area contributed by atoms with Crippen LogP contribution >= 0.6 is 0 Å². The first-order valence-electron chi connectivity index (χ1n) is 6.03. The van der Waals surface area contributed by atoms with Crippen LogP contribution in [0.25, 0.3) is 0 Å². The van der Waals surface area contributed by atoms with Crippen LogP contribution in [0.1, 0.15) is 34.6 Å². The number of amides is 1. The molecule has 1 amide bonds. The summed E-state index contributed by atoms with van der Waals surface area (Å²) >= 11 is 0. The van der Waals surface area contributed by atoms with Crippen molar-refractivity contribution in [1.82, 2.24) is 0 Å². The Labute approximate surface area is 179 Å². The van der Waals surface area contributed by atoms with Gasteiger partial charge in [-0.25, -0.2) is 0 Å². The summed E-state index contributed by atoms with van der Waals surface area (Å²) in [6, 6.07) is 0. The molecule has 0 saturated heterocycles. The number of nitrogens with two attached hydrogens (primary N) is 1. The number of hydrogen-bond acceptors (Lipinski definition) is 3. The van der Waals surface area contributed by atoms with Crippen molar-refractivity contribution in [2.45, 2.75) is 34.6 Å². The van der Waals surface area contributed by atoms with Crippen molar-refractivity contribution in [3.05, 3.63) is 38.0 Å². The molecule has 0 fully saturated rings. The van der Waals surface area contributed by atoms with Gasteiger partial charge in [0, 0.05) is 5.92 Å². The van der Waals surface area contributed by atoms with Crippen LogP contribution in [0, 0.1) is 5.92 Å². The second-order valence-electron chi connectivity index (χ2n) is 3.23. The van der Waals surface area contributed by atoms with E-state index >= 15 is 0 Å². The van der Waals surface area contributed by atoms with E-state index in [1.165, 1.54) is 0 Å². The number of carbonyl (C=O) groups excluding carboxylic acids is 1. The Morgan fingerprint density at radius 3 is 1.05 bits per heavy atom. The second-order valence-corrected chi connectivity index (χ2v) is 3.23. The maximum absolute atomic E-state index is 9.92. The number of hydrogen-bond donors (Lipinski definition) is 3. The summed E-state index contributed by atoms with van der Waals surface area (Å²) in [4.78, 5) is 9.92. The van der Waals surface area contributed by atoms with E-state index in [-0.39, 0.29) is 87.6 Å². The molecule has 0 aliphatic heterocycles. The van der Waals surface area contributed by atoms with Gasteiger partial charge in [0.15, 0.2) is 0 Å². The van der Waals surface area contributed by atoms with Crippen molar-refractivity contribution in [2.75, 3.05) is 13.2 Å². The van der Waals surface area contributed by atoms with Gasteiger partial charge in [-0.2, -0.15) is 0 Å².